The normalized spacial score (nSPS) is 17.6. The number of alkyl halides is 4. The molecule has 0 aromatic heterocycles. The zero-order chi connectivity index (χ0) is 11.7. The lowest BCUT2D eigenvalue weighted by Crippen LogP contribution is -2.52. The minimum Gasteiger partial charge on any atom is -0.383 e. The Labute approximate surface area is 82.8 Å². The first-order chi connectivity index (χ1) is 5.98. The molecule has 0 aliphatic carbocycles. The van der Waals surface area contributed by atoms with Gasteiger partial charge >= 0.3 is 6.18 Å². The summed E-state index contributed by atoms with van der Waals surface area (Å²) in [7, 11) is 0. The van der Waals surface area contributed by atoms with Crippen molar-refractivity contribution in [3.8, 4) is 0 Å². The number of nitro groups is 1. The van der Waals surface area contributed by atoms with Gasteiger partial charge in [-0.3, -0.25) is 10.1 Å². The summed E-state index contributed by atoms with van der Waals surface area (Å²) in [6, 6.07) is -2.29. The van der Waals surface area contributed by atoms with E-state index in [1.165, 1.54) is 0 Å². The predicted octanol–water partition coefficient (Wildman–Crippen LogP) is 1.57. The first-order valence-corrected chi connectivity index (χ1v) is 3.98. The Morgan fingerprint density at radius 1 is 1.43 bits per heavy atom. The van der Waals surface area contributed by atoms with Crippen molar-refractivity contribution >= 4 is 11.6 Å². The van der Waals surface area contributed by atoms with Crippen molar-refractivity contribution in [3.63, 3.8) is 0 Å². The van der Waals surface area contributed by atoms with Gasteiger partial charge in [0.25, 0.3) is 6.04 Å². The predicted molar refractivity (Wildman–Crippen MR) is 42.8 cm³/mol. The van der Waals surface area contributed by atoms with Crippen LogP contribution in [0.5, 0.6) is 0 Å². The second-order valence-corrected chi connectivity index (χ2v) is 3.80. The molecular formula is C6H9ClF3NO3. The molecule has 0 aliphatic rings. The molecule has 0 aliphatic heterocycles. The van der Waals surface area contributed by atoms with E-state index in [2.05, 4.69) is 0 Å². The third-order valence-electron chi connectivity index (χ3n) is 1.54. The van der Waals surface area contributed by atoms with Crippen LogP contribution in [0.3, 0.4) is 0 Å². The van der Waals surface area contributed by atoms with Gasteiger partial charge in [-0.1, -0.05) is 0 Å². The van der Waals surface area contributed by atoms with Gasteiger partial charge in [0, 0.05) is 4.92 Å². The molecular weight excluding hydrogens is 227 g/mol. The lowest BCUT2D eigenvalue weighted by Gasteiger charge is -2.26. The summed E-state index contributed by atoms with van der Waals surface area (Å²) < 4.78 is 36.1. The van der Waals surface area contributed by atoms with Crippen molar-refractivity contribution in [1.82, 2.24) is 0 Å². The fourth-order valence-corrected chi connectivity index (χ4v) is 1.30. The lowest BCUT2D eigenvalue weighted by atomic mass is 9.96. The highest BCUT2D eigenvalue weighted by Crippen LogP contribution is 2.32. The quantitative estimate of drug-likeness (QED) is 0.459. The van der Waals surface area contributed by atoms with Gasteiger partial charge < -0.3 is 5.11 Å². The second kappa shape index (κ2) is 3.90. The van der Waals surface area contributed by atoms with Crippen molar-refractivity contribution in [3.05, 3.63) is 10.1 Å². The Kier molecular flexibility index (Phi) is 3.74. The van der Waals surface area contributed by atoms with Crippen LogP contribution >= 0.6 is 11.6 Å². The van der Waals surface area contributed by atoms with Gasteiger partial charge in [-0.05, 0) is 13.8 Å². The molecule has 0 saturated heterocycles. The van der Waals surface area contributed by atoms with E-state index in [1.54, 1.807) is 0 Å². The van der Waals surface area contributed by atoms with Crippen LogP contribution in [0.4, 0.5) is 13.2 Å². The third-order valence-corrected chi connectivity index (χ3v) is 2.03. The van der Waals surface area contributed by atoms with Crippen LogP contribution in [-0.2, 0) is 0 Å². The zero-order valence-electron chi connectivity index (χ0n) is 7.38. The second-order valence-electron chi connectivity index (χ2n) is 3.33. The maximum atomic E-state index is 12.0. The highest BCUT2D eigenvalue weighted by atomic mass is 35.5. The SMILES string of the molecule is CC(C)(O)C(C(Cl)C(F)(F)F)[N+](=O)[O-]. The highest BCUT2D eigenvalue weighted by molar-refractivity contribution is 6.21. The van der Waals surface area contributed by atoms with E-state index >= 15 is 0 Å². The minimum atomic E-state index is -4.92. The third kappa shape index (κ3) is 3.30. The molecule has 0 amide bonds. The van der Waals surface area contributed by atoms with E-state index in [1.807, 2.05) is 0 Å². The summed E-state index contributed by atoms with van der Waals surface area (Å²) in [4.78, 5) is 9.06. The molecule has 0 rings (SSSR count). The maximum Gasteiger partial charge on any atom is 0.411 e. The standard InChI is InChI=1S/C6H9ClF3NO3/c1-5(2,12)4(11(13)14)3(7)6(8,9)10/h3-4,12H,1-2H3. The van der Waals surface area contributed by atoms with E-state index in [9.17, 15) is 23.3 Å². The molecule has 4 nitrogen and oxygen atoms in total. The molecule has 8 heteroatoms. The molecule has 0 fully saturated rings. The lowest BCUT2D eigenvalue weighted by molar-refractivity contribution is -0.549. The van der Waals surface area contributed by atoms with Crippen molar-refractivity contribution in [2.24, 2.45) is 0 Å². The van der Waals surface area contributed by atoms with Gasteiger partial charge in [-0.15, -0.1) is 11.6 Å². The Balaban J connectivity index is 4.96. The van der Waals surface area contributed by atoms with Crippen LogP contribution in [0, 0.1) is 10.1 Å². The van der Waals surface area contributed by atoms with Crippen LogP contribution < -0.4 is 0 Å². The summed E-state index contributed by atoms with van der Waals surface area (Å²) in [6.45, 7) is 1.81. The number of halogens is 4. The Morgan fingerprint density at radius 2 is 1.79 bits per heavy atom. The number of hydrogen-bond donors (Lipinski definition) is 1. The summed E-state index contributed by atoms with van der Waals surface area (Å²) in [6.07, 6.45) is -4.92. The summed E-state index contributed by atoms with van der Waals surface area (Å²) in [5.41, 5.74) is -2.13. The minimum absolute atomic E-state index is 0.904. The zero-order valence-corrected chi connectivity index (χ0v) is 8.13. The molecule has 0 spiro atoms. The van der Waals surface area contributed by atoms with Crippen LogP contribution in [0.25, 0.3) is 0 Å². The summed E-state index contributed by atoms with van der Waals surface area (Å²) in [5, 5.41) is 16.7. The molecule has 0 aromatic carbocycles. The summed E-state index contributed by atoms with van der Waals surface area (Å²) >= 11 is 4.88. The van der Waals surface area contributed by atoms with E-state index in [-0.39, 0.29) is 0 Å². The van der Waals surface area contributed by atoms with Crippen molar-refractivity contribution in [2.45, 2.75) is 37.0 Å². The van der Waals surface area contributed by atoms with Crippen LogP contribution in [0.1, 0.15) is 13.8 Å². The van der Waals surface area contributed by atoms with Crippen LogP contribution in [0.15, 0.2) is 0 Å². The summed E-state index contributed by atoms with van der Waals surface area (Å²) in [5.74, 6) is 0. The first-order valence-electron chi connectivity index (χ1n) is 3.54. The average molecular weight is 236 g/mol. The topological polar surface area (TPSA) is 63.4 Å². The average Bonchev–Trinajstić information content (AvgIpc) is 1.79. The molecule has 14 heavy (non-hydrogen) atoms. The first kappa shape index (κ1) is 13.4. The molecule has 0 aromatic rings. The fourth-order valence-electron chi connectivity index (χ4n) is 0.902. The molecule has 2 atom stereocenters. The van der Waals surface area contributed by atoms with E-state index in [0.29, 0.717) is 0 Å². The van der Waals surface area contributed by atoms with Crippen molar-refractivity contribution in [2.75, 3.05) is 0 Å². The Morgan fingerprint density at radius 3 is 1.86 bits per heavy atom. The molecule has 0 heterocycles. The molecule has 2 unspecified atom stereocenters. The van der Waals surface area contributed by atoms with E-state index in [4.69, 9.17) is 16.7 Å². The molecule has 0 bridgehead atoms. The smallest absolute Gasteiger partial charge is 0.383 e. The van der Waals surface area contributed by atoms with E-state index < -0.39 is 28.1 Å². The molecule has 1 N–H and O–H groups in total. The Bertz CT molecular complexity index is 225. The number of hydrogen-bond acceptors (Lipinski definition) is 3. The highest BCUT2D eigenvalue weighted by Gasteiger charge is 2.55. The number of nitrogens with zero attached hydrogens (tertiary/aromatic N) is 1. The molecule has 0 saturated carbocycles. The number of rotatable bonds is 3. The number of aliphatic hydroxyl groups is 1. The van der Waals surface area contributed by atoms with Crippen molar-refractivity contribution < 1.29 is 23.2 Å². The monoisotopic (exact) mass is 235 g/mol. The van der Waals surface area contributed by atoms with Gasteiger partial charge in [-0.25, -0.2) is 0 Å². The van der Waals surface area contributed by atoms with E-state index in [0.717, 1.165) is 13.8 Å². The molecule has 84 valence electrons. The van der Waals surface area contributed by atoms with Gasteiger partial charge in [-0.2, -0.15) is 13.2 Å². The maximum absolute atomic E-state index is 12.0. The van der Waals surface area contributed by atoms with Gasteiger partial charge in [0.15, 0.2) is 5.38 Å². The van der Waals surface area contributed by atoms with Gasteiger partial charge in [0.05, 0.1) is 0 Å². The van der Waals surface area contributed by atoms with Gasteiger partial charge in [0.2, 0.25) is 0 Å². The Hall–Kier alpha value is -0.560. The van der Waals surface area contributed by atoms with Crippen LogP contribution in [0.2, 0.25) is 0 Å². The van der Waals surface area contributed by atoms with Gasteiger partial charge in [0.1, 0.15) is 5.60 Å². The largest absolute Gasteiger partial charge is 0.411 e. The fraction of sp³-hybridized carbons (Fsp3) is 1.00. The molecule has 0 radical (unpaired) electrons. The van der Waals surface area contributed by atoms with Crippen molar-refractivity contribution in [1.29, 1.82) is 0 Å². The van der Waals surface area contributed by atoms with Crippen LogP contribution in [-0.4, -0.2) is 33.2 Å².